The van der Waals surface area contributed by atoms with Crippen LogP contribution in [0.4, 0.5) is 0 Å². The highest BCUT2D eigenvalue weighted by Gasteiger charge is 2.02. The summed E-state index contributed by atoms with van der Waals surface area (Å²) in [5.41, 5.74) is 0. The first-order valence-corrected chi connectivity index (χ1v) is 9.92. The lowest BCUT2D eigenvalue weighted by molar-refractivity contribution is 0.282. The van der Waals surface area contributed by atoms with Crippen molar-refractivity contribution in [3.63, 3.8) is 0 Å². The molecule has 0 spiro atoms. The molecular formula is C20H42O. The van der Waals surface area contributed by atoms with Gasteiger partial charge in [-0.15, -0.1) is 0 Å². The van der Waals surface area contributed by atoms with E-state index in [1.54, 1.807) is 0 Å². The zero-order valence-electron chi connectivity index (χ0n) is 15.0. The highest BCUT2D eigenvalue weighted by atomic mass is 16.2. The molecule has 0 aromatic carbocycles. The van der Waals surface area contributed by atoms with Gasteiger partial charge in [0, 0.05) is 6.61 Å². The van der Waals surface area contributed by atoms with Crippen LogP contribution in [0.5, 0.6) is 0 Å². The largest absolute Gasteiger partial charge is 0.396 e. The van der Waals surface area contributed by atoms with Crippen molar-refractivity contribution in [2.24, 2.45) is 5.92 Å². The number of unbranched alkanes of at least 4 members (excludes halogenated alkanes) is 12. The Kier molecular flexibility index (Phi) is 18.0. The molecule has 1 unspecified atom stereocenters. The van der Waals surface area contributed by atoms with Crippen LogP contribution in [0.15, 0.2) is 0 Å². The minimum absolute atomic E-state index is 0.371. The van der Waals surface area contributed by atoms with E-state index < -0.39 is 0 Å². The predicted octanol–water partition coefficient (Wildman–Crippen LogP) is 6.88. The maximum atomic E-state index is 8.72. The molecular weight excluding hydrogens is 256 g/mol. The molecule has 0 aromatic heterocycles. The molecule has 0 saturated carbocycles. The summed E-state index contributed by atoms with van der Waals surface area (Å²) in [6, 6.07) is 0. The van der Waals surface area contributed by atoms with Crippen LogP contribution in [0.2, 0.25) is 0 Å². The Balaban J connectivity index is 3.11. The molecule has 0 aliphatic heterocycles. The Bertz CT molecular complexity index is 179. The van der Waals surface area contributed by atoms with Crippen LogP contribution in [0.25, 0.3) is 0 Å². The standard InChI is InChI=1S/C20H42O/c1-3-4-5-6-7-8-11-14-17-20(2)18-15-12-9-10-13-16-19-21/h20-21H,3-19H2,1-2H3. The van der Waals surface area contributed by atoms with E-state index in [1.165, 1.54) is 96.3 Å². The second kappa shape index (κ2) is 18.0. The van der Waals surface area contributed by atoms with Crippen LogP contribution in [0.3, 0.4) is 0 Å². The highest BCUT2D eigenvalue weighted by Crippen LogP contribution is 2.18. The molecule has 0 rings (SSSR count). The zero-order chi connectivity index (χ0) is 15.6. The predicted molar refractivity (Wildman–Crippen MR) is 95.8 cm³/mol. The Morgan fingerprint density at radius 1 is 0.571 bits per heavy atom. The quantitative estimate of drug-likeness (QED) is 0.290. The van der Waals surface area contributed by atoms with Gasteiger partial charge in [-0.1, -0.05) is 110 Å². The molecule has 0 aliphatic carbocycles. The zero-order valence-corrected chi connectivity index (χ0v) is 15.0. The fraction of sp³-hybridized carbons (Fsp3) is 1.00. The van der Waals surface area contributed by atoms with E-state index in [4.69, 9.17) is 5.11 Å². The first kappa shape index (κ1) is 21.0. The van der Waals surface area contributed by atoms with Crippen molar-refractivity contribution in [1.82, 2.24) is 0 Å². The van der Waals surface area contributed by atoms with Gasteiger partial charge in [0.25, 0.3) is 0 Å². The summed E-state index contributed by atoms with van der Waals surface area (Å²) in [7, 11) is 0. The SMILES string of the molecule is CCCCCCCCCCC(C)CCCCCCCCO. The number of hydrogen-bond donors (Lipinski definition) is 1. The van der Waals surface area contributed by atoms with Crippen molar-refractivity contribution >= 4 is 0 Å². The molecule has 1 nitrogen and oxygen atoms in total. The molecule has 1 N–H and O–H groups in total. The minimum atomic E-state index is 0.371. The summed E-state index contributed by atoms with van der Waals surface area (Å²) in [6.45, 7) is 5.10. The Hall–Kier alpha value is -0.0400. The molecule has 0 bridgehead atoms. The molecule has 1 heteroatoms. The molecule has 128 valence electrons. The molecule has 0 radical (unpaired) electrons. The lowest BCUT2D eigenvalue weighted by atomic mass is 9.96. The van der Waals surface area contributed by atoms with Gasteiger partial charge in [0.1, 0.15) is 0 Å². The average Bonchev–Trinajstić information content (AvgIpc) is 2.49. The molecule has 1 atom stereocenters. The summed E-state index contributed by atoms with van der Waals surface area (Å²) >= 11 is 0. The van der Waals surface area contributed by atoms with Crippen molar-refractivity contribution in [3.05, 3.63) is 0 Å². The Labute approximate surface area is 134 Å². The van der Waals surface area contributed by atoms with Gasteiger partial charge in [-0.05, 0) is 12.3 Å². The van der Waals surface area contributed by atoms with Crippen molar-refractivity contribution in [2.75, 3.05) is 6.61 Å². The van der Waals surface area contributed by atoms with Crippen LogP contribution < -0.4 is 0 Å². The van der Waals surface area contributed by atoms with E-state index >= 15 is 0 Å². The lowest BCUT2D eigenvalue weighted by Gasteiger charge is -2.11. The third-order valence-electron chi connectivity index (χ3n) is 4.66. The normalized spacial score (nSPS) is 12.7. The van der Waals surface area contributed by atoms with E-state index in [9.17, 15) is 0 Å². The van der Waals surface area contributed by atoms with E-state index in [-0.39, 0.29) is 0 Å². The third kappa shape index (κ3) is 17.9. The topological polar surface area (TPSA) is 20.2 Å². The van der Waals surface area contributed by atoms with Crippen LogP contribution in [-0.4, -0.2) is 11.7 Å². The Morgan fingerprint density at radius 2 is 0.952 bits per heavy atom. The fourth-order valence-electron chi connectivity index (χ4n) is 3.08. The molecule has 0 amide bonds. The highest BCUT2D eigenvalue weighted by molar-refractivity contribution is 4.56. The van der Waals surface area contributed by atoms with Gasteiger partial charge < -0.3 is 5.11 Å². The van der Waals surface area contributed by atoms with Crippen molar-refractivity contribution in [1.29, 1.82) is 0 Å². The van der Waals surface area contributed by atoms with E-state index in [0.29, 0.717) is 6.61 Å². The number of aliphatic hydroxyl groups excluding tert-OH is 1. The number of rotatable bonds is 17. The summed E-state index contributed by atoms with van der Waals surface area (Å²) in [4.78, 5) is 0. The van der Waals surface area contributed by atoms with Gasteiger partial charge in [0.15, 0.2) is 0 Å². The van der Waals surface area contributed by atoms with Gasteiger partial charge >= 0.3 is 0 Å². The fourth-order valence-corrected chi connectivity index (χ4v) is 3.08. The van der Waals surface area contributed by atoms with Crippen molar-refractivity contribution < 1.29 is 5.11 Å². The van der Waals surface area contributed by atoms with E-state index in [2.05, 4.69) is 13.8 Å². The maximum absolute atomic E-state index is 8.72. The second-order valence-electron chi connectivity index (χ2n) is 7.00. The summed E-state index contributed by atoms with van der Waals surface area (Å²) in [6.07, 6.45) is 22.1. The van der Waals surface area contributed by atoms with Gasteiger partial charge in [-0.2, -0.15) is 0 Å². The summed E-state index contributed by atoms with van der Waals surface area (Å²) in [5, 5.41) is 8.72. The summed E-state index contributed by atoms with van der Waals surface area (Å²) in [5.74, 6) is 0.933. The Morgan fingerprint density at radius 3 is 1.38 bits per heavy atom. The monoisotopic (exact) mass is 298 g/mol. The molecule has 0 heterocycles. The van der Waals surface area contributed by atoms with Crippen LogP contribution in [-0.2, 0) is 0 Å². The maximum Gasteiger partial charge on any atom is 0.0431 e. The van der Waals surface area contributed by atoms with Crippen molar-refractivity contribution in [2.45, 2.75) is 117 Å². The summed E-state index contributed by atoms with van der Waals surface area (Å²) < 4.78 is 0. The van der Waals surface area contributed by atoms with Gasteiger partial charge in [-0.3, -0.25) is 0 Å². The van der Waals surface area contributed by atoms with Crippen LogP contribution in [0.1, 0.15) is 117 Å². The minimum Gasteiger partial charge on any atom is -0.396 e. The lowest BCUT2D eigenvalue weighted by Crippen LogP contribution is -1.95. The van der Waals surface area contributed by atoms with E-state index in [1.807, 2.05) is 0 Å². The molecule has 0 aliphatic rings. The van der Waals surface area contributed by atoms with Gasteiger partial charge in [0.05, 0.1) is 0 Å². The number of aliphatic hydroxyl groups is 1. The molecule has 0 fully saturated rings. The molecule has 21 heavy (non-hydrogen) atoms. The first-order valence-electron chi connectivity index (χ1n) is 9.92. The smallest absolute Gasteiger partial charge is 0.0431 e. The molecule has 0 saturated heterocycles. The van der Waals surface area contributed by atoms with Crippen LogP contribution in [0, 0.1) is 5.92 Å². The van der Waals surface area contributed by atoms with Gasteiger partial charge in [0.2, 0.25) is 0 Å². The second-order valence-corrected chi connectivity index (χ2v) is 7.00. The molecule has 0 aromatic rings. The van der Waals surface area contributed by atoms with Gasteiger partial charge in [-0.25, -0.2) is 0 Å². The van der Waals surface area contributed by atoms with E-state index in [0.717, 1.165) is 12.3 Å². The van der Waals surface area contributed by atoms with Crippen LogP contribution >= 0.6 is 0 Å². The first-order chi connectivity index (χ1) is 10.3. The van der Waals surface area contributed by atoms with Crippen molar-refractivity contribution in [3.8, 4) is 0 Å². The third-order valence-corrected chi connectivity index (χ3v) is 4.66. The number of hydrogen-bond acceptors (Lipinski definition) is 1. The average molecular weight is 299 g/mol.